The summed E-state index contributed by atoms with van der Waals surface area (Å²) in [6.07, 6.45) is 5.00. The van der Waals surface area contributed by atoms with Gasteiger partial charge in [0.15, 0.2) is 0 Å². The second kappa shape index (κ2) is 8.37. The molecule has 2 aromatic rings. The number of thiocarbonyl (C=S) groups is 1. The summed E-state index contributed by atoms with van der Waals surface area (Å²) in [7, 11) is 0. The molecule has 1 nitrogen and oxygen atoms in total. The van der Waals surface area contributed by atoms with E-state index in [9.17, 15) is 0 Å². The van der Waals surface area contributed by atoms with Gasteiger partial charge in [0.05, 0.1) is 0 Å². The summed E-state index contributed by atoms with van der Waals surface area (Å²) < 4.78 is 0. The summed E-state index contributed by atoms with van der Waals surface area (Å²) in [6, 6.07) is 21.5. The third kappa shape index (κ3) is 4.73. The van der Waals surface area contributed by atoms with Gasteiger partial charge in [-0.15, -0.1) is 0 Å². The first-order chi connectivity index (χ1) is 11.3. The molecule has 1 heterocycles. The molecular weight excluding hydrogens is 298 g/mol. The monoisotopic (exact) mass is 323 g/mol. The fourth-order valence-corrected chi connectivity index (χ4v) is 3.80. The SMILES string of the molecule is S=C(CN1CCCCC1)[C@@H](Cc1ccccc1)c1ccccc1. The lowest BCUT2D eigenvalue weighted by molar-refractivity contribution is 0.258. The maximum absolute atomic E-state index is 5.90. The standard InChI is InChI=1S/C21H25NS/c23-21(17-22-14-8-3-9-15-22)20(19-12-6-2-7-13-19)16-18-10-4-1-5-11-18/h1-2,4-7,10-13,20H,3,8-9,14-17H2/t20-/m0/s1. The van der Waals surface area contributed by atoms with Gasteiger partial charge < -0.3 is 0 Å². The second-order valence-corrected chi connectivity index (χ2v) is 6.98. The molecule has 0 unspecified atom stereocenters. The third-order valence-corrected chi connectivity index (χ3v) is 5.11. The van der Waals surface area contributed by atoms with Crippen LogP contribution in [0.5, 0.6) is 0 Å². The molecule has 3 rings (SSSR count). The first kappa shape index (κ1) is 16.4. The van der Waals surface area contributed by atoms with Gasteiger partial charge >= 0.3 is 0 Å². The zero-order valence-electron chi connectivity index (χ0n) is 13.7. The lowest BCUT2D eigenvalue weighted by atomic mass is 9.88. The van der Waals surface area contributed by atoms with Gasteiger partial charge in [-0.1, -0.05) is 79.3 Å². The quantitative estimate of drug-likeness (QED) is 0.698. The van der Waals surface area contributed by atoms with Crippen molar-refractivity contribution >= 4 is 17.1 Å². The molecule has 1 atom stereocenters. The number of piperidine rings is 1. The van der Waals surface area contributed by atoms with Crippen LogP contribution in [0, 0.1) is 0 Å². The second-order valence-electron chi connectivity index (χ2n) is 6.46. The average molecular weight is 324 g/mol. The number of hydrogen-bond acceptors (Lipinski definition) is 2. The Labute approximate surface area is 145 Å². The lowest BCUT2D eigenvalue weighted by Crippen LogP contribution is -2.36. The molecule has 1 aliphatic rings. The Morgan fingerprint density at radius 2 is 1.48 bits per heavy atom. The van der Waals surface area contributed by atoms with E-state index in [1.165, 1.54) is 48.3 Å². The van der Waals surface area contributed by atoms with Crippen LogP contribution in [0.1, 0.15) is 36.3 Å². The normalized spacial score (nSPS) is 16.9. The van der Waals surface area contributed by atoms with E-state index < -0.39 is 0 Å². The molecule has 1 aliphatic heterocycles. The Morgan fingerprint density at radius 1 is 0.870 bits per heavy atom. The van der Waals surface area contributed by atoms with Crippen molar-refractivity contribution in [2.45, 2.75) is 31.6 Å². The Bertz CT molecular complexity index is 602. The van der Waals surface area contributed by atoms with E-state index in [0.717, 1.165) is 13.0 Å². The highest BCUT2D eigenvalue weighted by atomic mass is 32.1. The molecule has 0 aromatic heterocycles. The highest BCUT2D eigenvalue weighted by Gasteiger charge is 2.20. The first-order valence-electron chi connectivity index (χ1n) is 8.67. The first-order valence-corrected chi connectivity index (χ1v) is 9.08. The maximum Gasteiger partial charge on any atom is 0.0303 e. The highest BCUT2D eigenvalue weighted by molar-refractivity contribution is 7.80. The van der Waals surface area contributed by atoms with Crippen molar-refractivity contribution in [2.24, 2.45) is 0 Å². The summed E-state index contributed by atoms with van der Waals surface area (Å²) in [5.41, 5.74) is 2.71. The average Bonchev–Trinajstić information content (AvgIpc) is 2.62. The van der Waals surface area contributed by atoms with Crippen LogP contribution < -0.4 is 0 Å². The molecule has 0 amide bonds. The summed E-state index contributed by atoms with van der Waals surface area (Å²) in [4.78, 5) is 3.72. The number of rotatable bonds is 6. The molecule has 1 fully saturated rings. The Morgan fingerprint density at radius 3 is 2.13 bits per heavy atom. The number of hydrogen-bond donors (Lipinski definition) is 0. The molecule has 120 valence electrons. The fraction of sp³-hybridized carbons (Fsp3) is 0.381. The number of benzene rings is 2. The van der Waals surface area contributed by atoms with E-state index in [1.807, 2.05) is 0 Å². The van der Waals surface area contributed by atoms with Crippen LogP contribution in [0.4, 0.5) is 0 Å². The fourth-order valence-electron chi connectivity index (χ4n) is 3.40. The van der Waals surface area contributed by atoms with Crippen LogP contribution in [0.15, 0.2) is 60.7 Å². The van der Waals surface area contributed by atoms with Crippen LogP contribution in [0.2, 0.25) is 0 Å². The molecule has 0 saturated carbocycles. The molecule has 0 N–H and O–H groups in total. The van der Waals surface area contributed by atoms with Gasteiger partial charge in [0.1, 0.15) is 0 Å². The zero-order valence-corrected chi connectivity index (χ0v) is 14.5. The van der Waals surface area contributed by atoms with Crippen molar-refractivity contribution in [1.82, 2.24) is 4.90 Å². The molecule has 1 saturated heterocycles. The van der Waals surface area contributed by atoms with Gasteiger partial charge in [-0.05, 0) is 43.5 Å². The van der Waals surface area contributed by atoms with Gasteiger partial charge in [0, 0.05) is 17.3 Å². The predicted molar refractivity (Wildman–Crippen MR) is 102 cm³/mol. The topological polar surface area (TPSA) is 3.24 Å². The lowest BCUT2D eigenvalue weighted by Gasteiger charge is -2.29. The molecule has 0 aliphatic carbocycles. The van der Waals surface area contributed by atoms with E-state index in [1.54, 1.807) is 0 Å². The minimum Gasteiger partial charge on any atom is -0.299 e. The van der Waals surface area contributed by atoms with E-state index in [0.29, 0.717) is 5.92 Å². The Balaban J connectivity index is 1.75. The van der Waals surface area contributed by atoms with Crippen molar-refractivity contribution in [2.75, 3.05) is 19.6 Å². The number of likely N-dealkylation sites (tertiary alicyclic amines) is 1. The van der Waals surface area contributed by atoms with Crippen LogP contribution in [-0.2, 0) is 6.42 Å². The van der Waals surface area contributed by atoms with E-state index in [4.69, 9.17) is 12.2 Å². The molecule has 23 heavy (non-hydrogen) atoms. The van der Waals surface area contributed by atoms with Crippen LogP contribution >= 0.6 is 12.2 Å². The maximum atomic E-state index is 5.90. The van der Waals surface area contributed by atoms with E-state index in [-0.39, 0.29) is 0 Å². The van der Waals surface area contributed by atoms with Crippen molar-refractivity contribution in [3.8, 4) is 0 Å². The highest BCUT2D eigenvalue weighted by Crippen LogP contribution is 2.24. The van der Waals surface area contributed by atoms with Gasteiger partial charge in [0.25, 0.3) is 0 Å². The van der Waals surface area contributed by atoms with Crippen LogP contribution in [-0.4, -0.2) is 29.4 Å². The van der Waals surface area contributed by atoms with E-state index >= 15 is 0 Å². The molecule has 0 spiro atoms. The van der Waals surface area contributed by atoms with Crippen molar-refractivity contribution in [1.29, 1.82) is 0 Å². The molecule has 2 aromatic carbocycles. The molecule has 2 heteroatoms. The third-order valence-electron chi connectivity index (χ3n) is 4.70. The summed E-state index contributed by atoms with van der Waals surface area (Å²) in [5, 5.41) is 0. The minimum atomic E-state index is 0.329. The van der Waals surface area contributed by atoms with Crippen molar-refractivity contribution < 1.29 is 0 Å². The number of nitrogens with zero attached hydrogens (tertiary/aromatic N) is 1. The molecule has 0 radical (unpaired) electrons. The Kier molecular flexibility index (Phi) is 5.95. The van der Waals surface area contributed by atoms with Gasteiger partial charge in [-0.3, -0.25) is 4.90 Å². The Hall–Kier alpha value is -1.51. The molecular formula is C21H25NS. The zero-order chi connectivity index (χ0) is 15.9. The largest absolute Gasteiger partial charge is 0.299 e. The predicted octanol–water partition coefficient (Wildman–Crippen LogP) is 4.87. The van der Waals surface area contributed by atoms with Crippen molar-refractivity contribution in [3.63, 3.8) is 0 Å². The smallest absolute Gasteiger partial charge is 0.0303 e. The minimum absolute atomic E-state index is 0.329. The summed E-state index contributed by atoms with van der Waals surface area (Å²) >= 11 is 5.90. The van der Waals surface area contributed by atoms with Crippen LogP contribution in [0.3, 0.4) is 0 Å². The van der Waals surface area contributed by atoms with Gasteiger partial charge in [-0.25, -0.2) is 0 Å². The van der Waals surface area contributed by atoms with Crippen molar-refractivity contribution in [3.05, 3.63) is 71.8 Å². The summed E-state index contributed by atoms with van der Waals surface area (Å²) in [5.74, 6) is 0.329. The summed E-state index contributed by atoms with van der Waals surface area (Å²) in [6.45, 7) is 3.36. The van der Waals surface area contributed by atoms with Gasteiger partial charge in [0.2, 0.25) is 0 Å². The van der Waals surface area contributed by atoms with Gasteiger partial charge in [-0.2, -0.15) is 0 Å². The van der Waals surface area contributed by atoms with E-state index in [2.05, 4.69) is 65.6 Å². The van der Waals surface area contributed by atoms with Crippen LogP contribution in [0.25, 0.3) is 0 Å². The molecule has 0 bridgehead atoms.